The van der Waals surface area contributed by atoms with Crippen LogP contribution in [0.25, 0.3) is 0 Å². The minimum atomic E-state index is -3.20. The van der Waals surface area contributed by atoms with Crippen LogP contribution in [0.15, 0.2) is 35.2 Å². The molecule has 0 aromatic heterocycles. The van der Waals surface area contributed by atoms with Crippen molar-refractivity contribution in [2.75, 3.05) is 23.9 Å². The van der Waals surface area contributed by atoms with Gasteiger partial charge in [0, 0.05) is 12.8 Å². The van der Waals surface area contributed by atoms with E-state index in [1.54, 1.807) is 6.07 Å². The lowest BCUT2D eigenvalue weighted by molar-refractivity contribution is 0.602. The number of nitrogen functional groups attached to an aromatic ring is 1. The molecule has 0 spiro atoms. The van der Waals surface area contributed by atoms with Gasteiger partial charge in [0.15, 0.2) is 9.84 Å². The van der Waals surface area contributed by atoms with Crippen LogP contribution in [0.2, 0.25) is 0 Å². The van der Waals surface area contributed by atoms with E-state index in [1.807, 2.05) is 6.92 Å². The Hall–Kier alpha value is -1.49. The zero-order valence-electron chi connectivity index (χ0n) is 9.45. The second-order valence-corrected chi connectivity index (χ2v) is 5.85. The lowest BCUT2D eigenvalue weighted by atomic mass is 10.2. The molecule has 1 rings (SSSR count). The number of rotatable bonds is 4. The Morgan fingerprint density at radius 3 is 2.56 bits per heavy atom. The number of nitrogens with one attached hydrogen (secondary N) is 1. The van der Waals surface area contributed by atoms with Gasteiger partial charge in [-0.25, -0.2) is 8.42 Å². The summed E-state index contributed by atoms with van der Waals surface area (Å²) in [7, 11) is -3.20. The summed E-state index contributed by atoms with van der Waals surface area (Å²) in [6.45, 7) is 6.27. The first-order valence-corrected chi connectivity index (χ1v) is 6.67. The quantitative estimate of drug-likeness (QED) is 0.620. The first-order chi connectivity index (χ1) is 7.30. The summed E-state index contributed by atoms with van der Waals surface area (Å²) in [5, 5.41) is 3.07. The first kappa shape index (κ1) is 12.6. The van der Waals surface area contributed by atoms with Gasteiger partial charge in [-0.05, 0) is 25.1 Å². The Kier molecular flexibility index (Phi) is 3.59. The fourth-order valence-corrected chi connectivity index (χ4v) is 1.83. The van der Waals surface area contributed by atoms with Crippen molar-refractivity contribution >= 4 is 21.2 Å². The standard InChI is InChI=1S/C11H16N2O2S/c1-8(2)7-13-11-5-4-9(6-10(11)12)16(3,14)15/h4-6,13H,1,7,12H2,2-3H3. The maximum atomic E-state index is 11.3. The van der Waals surface area contributed by atoms with Crippen molar-refractivity contribution in [1.29, 1.82) is 0 Å². The number of benzene rings is 1. The fraction of sp³-hybridized carbons (Fsp3) is 0.273. The Morgan fingerprint density at radius 2 is 2.12 bits per heavy atom. The highest BCUT2D eigenvalue weighted by Gasteiger charge is 2.08. The Labute approximate surface area is 96.1 Å². The second-order valence-electron chi connectivity index (χ2n) is 3.83. The molecule has 5 heteroatoms. The normalized spacial score (nSPS) is 11.1. The van der Waals surface area contributed by atoms with Crippen LogP contribution in [-0.4, -0.2) is 21.2 Å². The average Bonchev–Trinajstić information content (AvgIpc) is 2.14. The van der Waals surface area contributed by atoms with Gasteiger partial charge in [0.2, 0.25) is 0 Å². The molecule has 88 valence electrons. The largest absolute Gasteiger partial charge is 0.397 e. The van der Waals surface area contributed by atoms with Gasteiger partial charge in [-0.2, -0.15) is 0 Å². The molecular formula is C11H16N2O2S. The first-order valence-electron chi connectivity index (χ1n) is 4.78. The van der Waals surface area contributed by atoms with Gasteiger partial charge in [0.25, 0.3) is 0 Å². The maximum Gasteiger partial charge on any atom is 0.175 e. The van der Waals surface area contributed by atoms with Gasteiger partial charge in [0.05, 0.1) is 16.3 Å². The van der Waals surface area contributed by atoms with E-state index in [0.29, 0.717) is 12.2 Å². The summed E-state index contributed by atoms with van der Waals surface area (Å²) in [5.41, 5.74) is 7.86. The van der Waals surface area contributed by atoms with E-state index < -0.39 is 9.84 Å². The van der Waals surface area contributed by atoms with Crippen LogP contribution in [0.1, 0.15) is 6.92 Å². The minimum absolute atomic E-state index is 0.228. The minimum Gasteiger partial charge on any atom is -0.397 e. The molecule has 0 amide bonds. The lowest BCUT2D eigenvalue weighted by Gasteiger charge is -2.10. The van der Waals surface area contributed by atoms with Gasteiger partial charge in [-0.3, -0.25) is 0 Å². The monoisotopic (exact) mass is 240 g/mol. The van der Waals surface area contributed by atoms with E-state index in [-0.39, 0.29) is 4.90 Å². The number of sulfone groups is 1. The van der Waals surface area contributed by atoms with E-state index in [0.717, 1.165) is 17.5 Å². The third-order valence-electron chi connectivity index (χ3n) is 2.03. The molecule has 0 saturated carbocycles. The number of hydrogen-bond acceptors (Lipinski definition) is 4. The average molecular weight is 240 g/mol. The number of anilines is 2. The highest BCUT2D eigenvalue weighted by molar-refractivity contribution is 7.90. The van der Waals surface area contributed by atoms with Crippen molar-refractivity contribution < 1.29 is 8.42 Å². The van der Waals surface area contributed by atoms with Gasteiger partial charge in [0.1, 0.15) is 0 Å². The fourth-order valence-electron chi connectivity index (χ4n) is 1.18. The summed E-state index contributed by atoms with van der Waals surface area (Å²) in [6.07, 6.45) is 1.16. The predicted molar refractivity (Wildman–Crippen MR) is 67.3 cm³/mol. The highest BCUT2D eigenvalue weighted by Crippen LogP contribution is 2.22. The van der Waals surface area contributed by atoms with Crippen molar-refractivity contribution in [3.63, 3.8) is 0 Å². The Bertz CT molecular complexity index is 507. The van der Waals surface area contributed by atoms with Gasteiger partial charge >= 0.3 is 0 Å². The molecule has 3 N–H and O–H groups in total. The van der Waals surface area contributed by atoms with Gasteiger partial charge < -0.3 is 11.1 Å². The van der Waals surface area contributed by atoms with Crippen LogP contribution >= 0.6 is 0 Å². The van der Waals surface area contributed by atoms with Crippen LogP contribution in [0.4, 0.5) is 11.4 Å². The molecule has 4 nitrogen and oxygen atoms in total. The van der Waals surface area contributed by atoms with E-state index in [4.69, 9.17) is 5.73 Å². The molecule has 0 radical (unpaired) electrons. The smallest absolute Gasteiger partial charge is 0.175 e. The van der Waals surface area contributed by atoms with E-state index in [1.165, 1.54) is 12.1 Å². The number of nitrogens with two attached hydrogens (primary N) is 1. The van der Waals surface area contributed by atoms with Gasteiger partial charge in [-0.15, -0.1) is 0 Å². The molecule has 0 unspecified atom stereocenters. The lowest BCUT2D eigenvalue weighted by Crippen LogP contribution is -2.06. The van der Waals surface area contributed by atoms with Crippen LogP contribution in [0.3, 0.4) is 0 Å². The molecule has 0 saturated heterocycles. The molecule has 0 aliphatic rings. The molecule has 0 fully saturated rings. The highest BCUT2D eigenvalue weighted by atomic mass is 32.2. The molecule has 0 atom stereocenters. The summed E-state index contributed by atoms with van der Waals surface area (Å²) >= 11 is 0. The summed E-state index contributed by atoms with van der Waals surface area (Å²) < 4.78 is 22.5. The van der Waals surface area contributed by atoms with Crippen molar-refractivity contribution in [2.24, 2.45) is 0 Å². The third kappa shape index (κ3) is 3.27. The van der Waals surface area contributed by atoms with E-state index in [9.17, 15) is 8.42 Å². The summed E-state index contributed by atoms with van der Waals surface area (Å²) in [5.74, 6) is 0. The molecule has 0 heterocycles. The zero-order valence-corrected chi connectivity index (χ0v) is 10.3. The third-order valence-corrected chi connectivity index (χ3v) is 3.14. The Balaban J connectivity index is 2.96. The van der Waals surface area contributed by atoms with Crippen LogP contribution in [0, 0.1) is 0 Å². The molecule has 0 aliphatic carbocycles. The van der Waals surface area contributed by atoms with Crippen LogP contribution in [-0.2, 0) is 9.84 Å². The molecule has 0 aliphatic heterocycles. The van der Waals surface area contributed by atoms with E-state index >= 15 is 0 Å². The van der Waals surface area contributed by atoms with E-state index in [2.05, 4.69) is 11.9 Å². The molecule has 1 aromatic rings. The SMILES string of the molecule is C=C(C)CNc1ccc(S(C)(=O)=O)cc1N. The summed E-state index contributed by atoms with van der Waals surface area (Å²) in [6, 6.07) is 4.65. The topological polar surface area (TPSA) is 72.2 Å². The van der Waals surface area contributed by atoms with Crippen LogP contribution < -0.4 is 11.1 Å². The maximum absolute atomic E-state index is 11.3. The predicted octanol–water partition coefficient (Wildman–Crippen LogP) is 1.66. The van der Waals surface area contributed by atoms with Gasteiger partial charge in [-0.1, -0.05) is 12.2 Å². The molecule has 0 bridgehead atoms. The Morgan fingerprint density at radius 1 is 1.50 bits per heavy atom. The van der Waals surface area contributed by atoms with Crippen molar-refractivity contribution in [3.05, 3.63) is 30.4 Å². The van der Waals surface area contributed by atoms with Crippen molar-refractivity contribution in [1.82, 2.24) is 0 Å². The molecule has 16 heavy (non-hydrogen) atoms. The number of hydrogen-bond donors (Lipinski definition) is 2. The van der Waals surface area contributed by atoms with Crippen molar-refractivity contribution in [3.8, 4) is 0 Å². The second kappa shape index (κ2) is 4.57. The molecule has 1 aromatic carbocycles. The summed E-state index contributed by atoms with van der Waals surface area (Å²) in [4.78, 5) is 0.228. The molecular weight excluding hydrogens is 224 g/mol. The van der Waals surface area contributed by atoms with Crippen LogP contribution in [0.5, 0.6) is 0 Å². The van der Waals surface area contributed by atoms with Crippen molar-refractivity contribution in [2.45, 2.75) is 11.8 Å². The zero-order chi connectivity index (χ0) is 12.3.